The molecule has 0 saturated heterocycles. The number of unbranched alkanes of at least 4 members (excludes halogenated alkanes) is 26. The number of carbonyl (C=O) groups excluding carboxylic acids is 1. The third kappa shape index (κ3) is 32.0. The predicted octanol–water partition coefficient (Wildman–Crippen LogP) is 16.3. The van der Waals surface area contributed by atoms with Crippen LogP contribution in [0.25, 0.3) is 0 Å². The van der Waals surface area contributed by atoms with E-state index in [9.17, 15) is 9.36 Å². The highest BCUT2D eigenvalue weighted by Crippen LogP contribution is 2.51. The number of esters is 1. The lowest BCUT2D eigenvalue weighted by atomic mass is 10.0. The van der Waals surface area contributed by atoms with Crippen LogP contribution >= 0.6 is 7.82 Å². The summed E-state index contributed by atoms with van der Waals surface area (Å²) in [5, 5.41) is 0. The van der Waals surface area contributed by atoms with Crippen molar-refractivity contribution in [2.24, 2.45) is 0 Å². The standard InChI is InChI=1S/C51H85O7P/c1-3-5-7-9-11-13-15-17-19-20-22-24-26-28-36-42-51(52)58-50(46-54-43-37-29-27-25-23-21-18-16-14-12-10-8-6-4-2)47-57-59(53,55-44-48-38-32-30-33-39-48)56-45-49-40-34-31-35-41-49/h30-35,37-41,43,50H,3-29,36,42,44-47H2,1-2H3/b43-37-/t50-/m0/s1. The molecule has 7 nitrogen and oxygen atoms in total. The van der Waals surface area contributed by atoms with Crippen LogP contribution in [-0.2, 0) is 45.6 Å². The van der Waals surface area contributed by atoms with Crippen molar-refractivity contribution in [1.29, 1.82) is 0 Å². The van der Waals surface area contributed by atoms with Gasteiger partial charge in [-0.15, -0.1) is 0 Å². The zero-order valence-electron chi connectivity index (χ0n) is 37.6. The largest absolute Gasteiger partial charge is 0.498 e. The second-order valence-corrected chi connectivity index (χ2v) is 18.1. The molecule has 2 aromatic rings. The predicted molar refractivity (Wildman–Crippen MR) is 246 cm³/mol. The zero-order chi connectivity index (χ0) is 42.2. The SMILES string of the molecule is CCCCCCCCCCCCCC/C=C\OC[C@@H](COP(=O)(OCc1ccccc1)OCc1ccccc1)OC(=O)CCCCCCCCCCCCCCCCC. The van der Waals surface area contributed by atoms with Crippen molar-refractivity contribution < 1.29 is 32.4 Å². The van der Waals surface area contributed by atoms with Crippen LogP contribution < -0.4 is 0 Å². The highest BCUT2D eigenvalue weighted by atomic mass is 31.2. The van der Waals surface area contributed by atoms with Crippen molar-refractivity contribution in [2.45, 2.75) is 219 Å². The molecule has 0 amide bonds. The van der Waals surface area contributed by atoms with Gasteiger partial charge < -0.3 is 9.47 Å². The molecule has 0 bridgehead atoms. The van der Waals surface area contributed by atoms with Crippen LogP contribution in [0.3, 0.4) is 0 Å². The Morgan fingerprint density at radius 3 is 1.32 bits per heavy atom. The molecule has 0 aliphatic heterocycles. The molecular formula is C51H85O7P. The van der Waals surface area contributed by atoms with Gasteiger partial charge >= 0.3 is 13.8 Å². The first-order valence-corrected chi connectivity index (χ1v) is 25.6. The fourth-order valence-electron chi connectivity index (χ4n) is 7.15. The third-order valence-corrected chi connectivity index (χ3v) is 12.2. The van der Waals surface area contributed by atoms with Crippen molar-refractivity contribution >= 4 is 13.8 Å². The fourth-order valence-corrected chi connectivity index (χ4v) is 8.33. The molecule has 2 aromatic carbocycles. The van der Waals surface area contributed by atoms with E-state index in [2.05, 4.69) is 13.8 Å². The van der Waals surface area contributed by atoms with Gasteiger partial charge in [-0.25, -0.2) is 4.57 Å². The number of benzene rings is 2. The Kier molecular flexibility index (Phi) is 34.4. The maximum atomic E-state index is 13.9. The van der Waals surface area contributed by atoms with Crippen LogP contribution in [0.1, 0.15) is 211 Å². The van der Waals surface area contributed by atoms with E-state index >= 15 is 0 Å². The summed E-state index contributed by atoms with van der Waals surface area (Å²) in [6, 6.07) is 19.0. The Morgan fingerprint density at radius 2 is 0.898 bits per heavy atom. The molecule has 0 aromatic heterocycles. The first kappa shape index (κ1) is 52.7. The molecule has 0 aliphatic rings. The summed E-state index contributed by atoms with van der Waals surface area (Å²) < 4.78 is 43.1. The van der Waals surface area contributed by atoms with Gasteiger partial charge in [-0.05, 0) is 36.5 Å². The van der Waals surface area contributed by atoms with Gasteiger partial charge in [0.1, 0.15) is 6.61 Å². The third-order valence-electron chi connectivity index (χ3n) is 10.9. The minimum absolute atomic E-state index is 0.0505. The average molecular weight is 841 g/mol. The van der Waals surface area contributed by atoms with Crippen molar-refractivity contribution in [3.05, 3.63) is 84.1 Å². The Hall–Kier alpha value is -2.44. The second kappa shape index (κ2) is 38.5. The van der Waals surface area contributed by atoms with Gasteiger partial charge in [0.2, 0.25) is 0 Å². The van der Waals surface area contributed by atoms with E-state index in [1.54, 1.807) is 6.26 Å². The monoisotopic (exact) mass is 841 g/mol. The quantitative estimate of drug-likeness (QED) is 0.0285. The van der Waals surface area contributed by atoms with Crippen molar-refractivity contribution in [1.82, 2.24) is 0 Å². The first-order chi connectivity index (χ1) is 29.0. The normalized spacial score (nSPS) is 12.3. The number of carbonyl (C=O) groups is 1. The maximum absolute atomic E-state index is 13.9. The lowest BCUT2D eigenvalue weighted by Gasteiger charge is -2.22. The molecule has 336 valence electrons. The molecule has 0 aliphatic carbocycles. The summed E-state index contributed by atoms with van der Waals surface area (Å²) in [6.07, 6.45) is 39.1. The minimum atomic E-state index is -4.04. The lowest BCUT2D eigenvalue weighted by Crippen LogP contribution is -2.28. The van der Waals surface area contributed by atoms with E-state index in [0.717, 1.165) is 43.2 Å². The van der Waals surface area contributed by atoms with Crippen LogP contribution in [-0.4, -0.2) is 25.3 Å². The fraction of sp³-hybridized carbons (Fsp3) is 0.706. The molecule has 59 heavy (non-hydrogen) atoms. The second-order valence-electron chi connectivity index (χ2n) is 16.5. The molecule has 1 atom stereocenters. The van der Waals surface area contributed by atoms with E-state index in [0.29, 0.717) is 6.42 Å². The number of rotatable bonds is 42. The molecule has 0 heterocycles. The van der Waals surface area contributed by atoms with Crippen LogP contribution in [0.5, 0.6) is 0 Å². The molecule has 2 rings (SSSR count). The molecule has 8 heteroatoms. The van der Waals surface area contributed by atoms with Gasteiger partial charge in [0.15, 0.2) is 6.10 Å². The summed E-state index contributed by atoms with van der Waals surface area (Å²) in [5.74, 6) is -0.303. The summed E-state index contributed by atoms with van der Waals surface area (Å²) in [7, 11) is -4.04. The lowest BCUT2D eigenvalue weighted by molar-refractivity contribution is -0.153. The number of allylic oxidation sites excluding steroid dienone is 1. The van der Waals surface area contributed by atoms with Gasteiger partial charge in [-0.1, -0.05) is 235 Å². The highest BCUT2D eigenvalue weighted by molar-refractivity contribution is 7.48. The smallest absolute Gasteiger partial charge is 0.475 e. The molecule has 0 saturated carbocycles. The van der Waals surface area contributed by atoms with E-state index in [1.165, 1.54) is 148 Å². The number of ether oxygens (including phenoxy) is 2. The Balaban J connectivity index is 1.77. The van der Waals surface area contributed by atoms with Crippen LogP contribution in [0.4, 0.5) is 0 Å². The molecule has 0 spiro atoms. The Morgan fingerprint density at radius 1 is 0.508 bits per heavy atom. The summed E-state index contributed by atoms with van der Waals surface area (Å²) in [6.45, 7) is 4.54. The molecule has 0 N–H and O–H groups in total. The van der Waals surface area contributed by atoms with E-state index in [1.807, 2.05) is 66.7 Å². The van der Waals surface area contributed by atoms with Gasteiger partial charge in [0.25, 0.3) is 0 Å². The molecule has 0 fully saturated rings. The average Bonchev–Trinajstić information content (AvgIpc) is 3.26. The first-order valence-electron chi connectivity index (χ1n) is 24.1. The minimum Gasteiger partial charge on any atom is -0.498 e. The van der Waals surface area contributed by atoms with Crippen molar-refractivity contribution in [3.63, 3.8) is 0 Å². The van der Waals surface area contributed by atoms with Gasteiger partial charge in [0.05, 0.1) is 26.1 Å². The Bertz CT molecular complexity index is 1240. The van der Waals surface area contributed by atoms with Crippen molar-refractivity contribution in [2.75, 3.05) is 13.2 Å². The van der Waals surface area contributed by atoms with Crippen LogP contribution in [0.15, 0.2) is 73.0 Å². The van der Waals surface area contributed by atoms with Gasteiger partial charge in [-0.2, -0.15) is 0 Å². The number of phosphoric ester groups is 1. The van der Waals surface area contributed by atoms with Crippen LogP contribution in [0, 0.1) is 0 Å². The summed E-state index contributed by atoms with van der Waals surface area (Å²) in [5.41, 5.74) is 1.68. The Labute approximate surface area is 361 Å². The highest BCUT2D eigenvalue weighted by Gasteiger charge is 2.30. The zero-order valence-corrected chi connectivity index (χ0v) is 38.5. The number of hydrogen-bond acceptors (Lipinski definition) is 7. The van der Waals surface area contributed by atoms with Crippen LogP contribution in [0.2, 0.25) is 0 Å². The van der Waals surface area contributed by atoms with Gasteiger partial charge in [0, 0.05) is 6.42 Å². The topological polar surface area (TPSA) is 80.3 Å². The number of hydrogen-bond donors (Lipinski definition) is 0. The summed E-state index contributed by atoms with van der Waals surface area (Å²) in [4.78, 5) is 13.0. The van der Waals surface area contributed by atoms with E-state index in [-0.39, 0.29) is 32.4 Å². The van der Waals surface area contributed by atoms with E-state index in [4.69, 9.17) is 23.0 Å². The molecular weight excluding hydrogens is 756 g/mol. The molecule has 0 radical (unpaired) electrons. The number of phosphoric acid groups is 1. The molecule has 0 unspecified atom stereocenters. The maximum Gasteiger partial charge on any atom is 0.475 e. The van der Waals surface area contributed by atoms with E-state index < -0.39 is 13.9 Å². The summed E-state index contributed by atoms with van der Waals surface area (Å²) >= 11 is 0. The van der Waals surface area contributed by atoms with Gasteiger partial charge in [-0.3, -0.25) is 18.4 Å². The van der Waals surface area contributed by atoms with Crippen molar-refractivity contribution in [3.8, 4) is 0 Å².